The van der Waals surface area contributed by atoms with Crippen molar-refractivity contribution in [2.75, 3.05) is 19.6 Å². The van der Waals surface area contributed by atoms with Crippen molar-refractivity contribution in [3.8, 4) is 0 Å². The van der Waals surface area contributed by atoms with Crippen molar-refractivity contribution in [2.45, 2.75) is 13.3 Å². The van der Waals surface area contributed by atoms with Crippen LogP contribution in [0.1, 0.15) is 22.3 Å². The van der Waals surface area contributed by atoms with Gasteiger partial charge in [-0.3, -0.25) is 4.79 Å². The van der Waals surface area contributed by atoms with Crippen LogP contribution in [0.4, 0.5) is 4.39 Å². The van der Waals surface area contributed by atoms with E-state index in [1.165, 1.54) is 18.2 Å². The molecule has 1 saturated heterocycles. The Balaban J connectivity index is 1.94. The fraction of sp³-hybridized carbons (Fsp3) is 0.462. The molecule has 0 spiro atoms. The number of carbonyl (C=O) groups is 1. The molecule has 17 heavy (non-hydrogen) atoms. The molecule has 2 N–H and O–H groups in total. The standard InChI is InChI=1S/C13H17FN2O/c1-9-6-11(14)2-3-12(9)13(17)16-8-10-4-5-15-7-10/h2-3,6,10,15H,4-5,7-8H2,1H3,(H,16,17). The molecule has 0 saturated carbocycles. The number of nitrogens with one attached hydrogen (secondary N) is 2. The van der Waals surface area contributed by atoms with E-state index in [9.17, 15) is 9.18 Å². The SMILES string of the molecule is Cc1cc(F)ccc1C(=O)NCC1CCNC1. The van der Waals surface area contributed by atoms with Crippen molar-refractivity contribution in [3.05, 3.63) is 35.1 Å². The zero-order valence-electron chi connectivity index (χ0n) is 9.92. The van der Waals surface area contributed by atoms with E-state index in [4.69, 9.17) is 0 Å². The molecule has 0 aliphatic carbocycles. The lowest BCUT2D eigenvalue weighted by atomic mass is 10.1. The molecule has 0 aromatic heterocycles. The first-order chi connectivity index (χ1) is 8.16. The second-order valence-electron chi connectivity index (χ2n) is 4.53. The summed E-state index contributed by atoms with van der Waals surface area (Å²) in [5.41, 5.74) is 1.23. The summed E-state index contributed by atoms with van der Waals surface area (Å²) in [4.78, 5) is 11.9. The maximum atomic E-state index is 12.9. The van der Waals surface area contributed by atoms with Crippen LogP contribution < -0.4 is 10.6 Å². The molecule has 1 atom stereocenters. The van der Waals surface area contributed by atoms with Crippen molar-refractivity contribution in [3.63, 3.8) is 0 Å². The molecule has 1 aromatic rings. The Bertz CT molecular complexity index is 414. The Morgan fingerprint density at radius 3 is 3.06 bits per heavy atom. The maximum Gasteiger partial charge on any atom is 0.251 e. The van der Waals surface area contributed by atoms with Gasteiger partial charge in [-0.25, -0.2) is 4.39 Å². The summed E-state index contributed by atoms with van der Waals surface area (Å²) < 4.78 is 12.9. The minimum absolute atomic E-state index is 0.116. The van der Waals surface area contributed by atoms with Crippen LogP contribution in [0.2, 0.25) is 0 Å². The Hall–Kier alpha value is -1.42. The van der Waals surface area contributed by atoms with Gasteiger partial charge in [0.05, 0.1) is 0 Å². The first kappa shape index (κ1) is 12.0. The fourth-order valence-electron chi connectivity index (χ4n) is 2.10. The highest BCUT2D eigenvalue weighted by Gasteiger charge is 2.16. The number of aryl methyl sites for hydroxylation is 1. The third-order valence-corrected chi connectivity index (χ3v) is 3.15. The molecule has 3 nitrogen and oxygen atoms in total. The highest BCUT2D eigenvalue weighted by molar-refractivity contribution is 5.95. The molecule has 1 aliphatic heterocycles. The van der Waals surface area contributed by atoms with Crippen LogP contribution in [0.15, 0.2) is 18.2 Å². The molecule has 0 bridgehead atoms. The van der Waals surface area contributed by atoms with Gasteiger partial charge in [0.1, 0.15) is 5.82 Å². The van der Waals surface area contributed by atoms with Gasteiger partial charge in [-0.15, -0.1) is 0 Å². The number of hydrogen-bond acceptors (Lipinski definition) is 2. The lowest BCUT2D eigenvalue weighted by Gasteiger charge is -2.11. The van der Waals surface area contributed by atoms with Crippen LogP contribution in [0, 0.1) is 18.7 Å². The molecule has 1 fully saturated rings. The maximum absolute atomic E-state index is 12.9. The van der Waals surface area contributed by atoms with Crippen molar-refractivity contribution in [1.82, 2.24) is 10.6 Å². The molecule has 0 radical (unpaired) electrons. The van der Waals surface area contributed by atoms with E-state index in [0.29, 0.717) is 23.6 Å². The van der Waals surface area contributed by atoms with Gasteiger partial charge < -0.3 is 10.6 Å². The molecule has 1 aliphatic rings. The predicted molar refractivity (Wildman–Crippen MR) is 64.4 cm³/mol. The molecule has 92 valence electrons. The Morgan fingerprint density at radius 2 is 2.41 bits per heavy atom. The zero-order valence-corrected chi connectivity index (χ0v) is 9.92. The third-order valence-electron chi connectivity index (χ3n) is 3.15. The summed E-state index contributed by atoms with van der Waals surface area (Å²) in [6.07, 6.45) is 1.10. The van der Waals surface area contributed by atoms with E-state index in [2.05, 4.69) is 10.6 Å². The summed E-state index contributed by atoms with van der Waals surface area (Å²) in [7, 11) is 0. The van der Waals surface area contributed by atoms with Crippen LogP contribution in [-0.2, 0) is 0 Å². The van der Waals surface area contributed by atoms with Crippen molar-refractivity contribution in [2.24, 2.45) is 5.92 Å². The first-order valence-corrected chi connectivity index (χ1v) is 5.92. The van der Waals surface area contributed by atoms with Gasteiger partial charge >= 0.3 is 0 Å². The normalized spacial score (nSPS) is 19.3. The van der Waals surface area contributed by atoms with Gasteiger partial charge in [-0.05, 0) is 56.1 Å². The molecule has 1 amide bonds. The number of hydrogen-bond donors (Lipinski definition) is 2. The number of halogens is 1. The molecular weight excluding hydrogens is 219 g/mol. The van der Waals surface area contributed by atoms with Crippen LogP contribution >= 0.6 is 0 Å². The van der Waals surface area contributed by atoms with Gasteiger partial charge in [0, 0.05) is 12.1 Å². The van der Waals surface area contributed by atoms with Gasteiger partial charge in [-0.2, -0.15) is 0 Å². The highest BCUT2D eigenvalue weighted by Crippen LogP contribution is 2.11. The topological polar surface area (TPSA) is 41.1 Å². The molecule has 2 rings (SSSR count). The van der Waals surface area contributed by atoms with E-state index in [-0.39, 0.29) is 11.7 Å². The van der Waals surface area contributed by atoms with Crippen LogP contribution in [-0.4, -0.2) is 25.5 Å². The van der Waals surface area contributed by atoms with Crippen molar-refractivity contribution in [1.29, 1.82) is 0 Å². The minimum atomic E-state index is -0.306. The quantitative estimate of drug-likeness (QED) is 0.834. The van der Waals surface area contributed by atoms with Gasteiger partial charge in [0.2, 0.25) is 0 Å². The predicted octanol–water partition coefficient (Wildman–Crippen LogP) is 1.47. The molecule has 1 aromatic carbocycles. The second-order valence-corrected chi connectivity index (χ2v) is 4.53. The van der Waals surface area contributed by atoms with E-state index in [0.717, 1.165) is 19.5 Å². The zero-order chi connectivity index (χ0) is 12.3. The average molecular weight is 236 g/mol. The molecule has 1 heterocycles. The van der Waals surface area contributed by atoms with Gasteiger partial charge in [0.15, 0.2) is 0 Å². The molecule has 1 unspecified atom stereocenters. The highest BCUT2D eigenvalue weighted by atomic mass is 19.1. The molecule has 4 heteroatoms. The Morgan fingerprint density at radius 1 is 1.59 bits per heavy atom. The molecular formula is C13H17FN2O. The van der Waals surface area contributed by atoms with E-state index < -0.39 is 0 Å². The summed E-state index contributed by atoms with van der Waals surface area (Å²) in [6, 6.07) is 4.23. The van der Waals surface area contributed by atoms with E-state index in [1.54, 1.807) is 6.92 Å². The summed E-state index contributed by atoms with van der Waals surface area (Å²) in [6.45, 7) is 4.41. The monoisotopic (exact) mass is 236 g/mol. The summed E-state index contributed by atoms with van der Waals surface area (Å²) in [5, 5.41) is 6.15. The number of amides is 1. The smallest absolute Gasteiger partial charge is 0.251 e. The van der Waals surface area contributed by atoms with Crippen LogP contribution in [0.25, 0.3) is 0 Å². The largest absolute Gasteiger partial charge is 0.352 e. The van der Waals surface area contributed by atoms with Gasteiger partial charge in [-0.1, -0.05) is 0 Å². The van der Waals surface area contributed by atoms with E-state index in [1.807, 2.05) is 0 Å². The third kappa shape index (κ3) is 3.03. The summed E-state index contributed by atoms with van der Waals surface area (Å²) in [5.74, 6) is 0.0909. The lowest BCUT2D eigenvalue weighted by molar-refractivity contribution is 0.0947. The Labute approximate surface area is 100 Å². The average Bonchev–Trinajstić information content (AvgIpc) is 2.78. The second kappa shape index (κ2) is 5.27. The first-order valence-electron chi connectivity index (χ1n) is 5.92. The van der Waals surface area contributed by atoms with Crippen molar-refractivity contribution >= 4 is 5.91 Å². The van der Waals surface area contributed by atoms with Gasteiger partial charge in [0.25, 0.3) is 5.91 Å². The van der Waals surface area contributed by atoms with Crippen LogP contribution in [0.3, 0.4) is 0 Å². The fourth-order valence-corrected chi connectivity index (χ4v) is 2.10. The van der Waals surface area contributed by atoms with Crippen molar-refractivity contribution < 1.29 is 9.18 Å². The lowest BCUT2D eigenvalue weighted by Crippen LogP contribution is -2.30. The number of carbonyl (C=O) groups excluding carboxylic acids is 1. The number of rotatable bonds is 3. The Kier molecular flexibility index (Phi) is 3.74. The number of benzene rings is 1. The summed E-state index contributed by atoms with van der Waals surface area (Å²) >= 11 is 0. The van der Waals surface area contributed by atoms with E-state index >= 15 is 0 Å². The van der Waals surface area contributed by atoms with Crippen LogP contribution in [0.5, 0.6) is 0 Å². The minimum Gasteiger partial charge on any atom is -0.352 e.